The van der Waals surface area contributed by atoms with Crippen molar-refractivity contribution in [3.8, 4) is 34.0 Å². The van der Waals surface area contributed by atoms with Crippen LogP contribution in [0.1, 0.15) is 21.7 Å². The number of rotatable bonds is 18. The number of nitrogens with two attached hydrogens (primary N) is 1. The molecule has 1 amide bonds. The van der Waals surface area contributed by atoms with E-state index in [1.54, 1.807) is 38.7 Å². The number of methoxy groups -OCH3 is 2. The highest BCUT2D eigenvalue weighted by Crippen LogP contribution is 2.37. The van der Waals surface area contributed by atoms with Crippen LogP contribution < -0.4 is 20.5 Å². The van der Waals surface area contributed by atoms with Crippen molar-refractivity contribution in [2.75, 3.05) is 27.4 Å². The monoisotopic (exact) mass is 978 g/mol. The molecule has 15 nitrogen and oxygen atoms in total. The number of carbonyl (C=O) groups is 1. The van der Waals surface area contributed by atoms with Gasteiger partial charge in [0.2, 0.25) is 0 Å². The van der Waals surface area contributed by atoms with Crippen LogP contribution in [0.2, 0.25) is 51.4 Å². The highest BCUT2D eigenvalue weighted by atomic mass is 28.3. The predicted molar refractivity (Wildman–Crippen MR) is 286 cm³/mol. The van der Waals surface area contributed by atoms with Gasteiger partial charge >= 0.3 is 0 Å². The Labute approximate surface area is 411 Å². The number of ether oxygens (including phenoxy) is 4. The first kappa shape index (κ1) is 49.8. The van der Waals surface area contributed by atoms with Crippen LogP contribution in [0, 0.1) is 0 Å². The number of nitrogens with zero attached hydrogens (tertiary/aromatic N) is 8. The summed E-state index contributed by atoms with van der Waals surface area (Å²) >= 11 is 0. The molecule has 9 rings (SSSR count). The van der Waals surface area contributed by atoms with Gasteiger partial charge in [0.15, 0.2) is 11.3 Å². The van der Waals surface area contributed by atoms with Gasteiger partial charge in [0.25, 0.3) is 5.91 Å². The summed E-state index contributed by atoms with van der Waals surface area (Å²) in [6, 6.07) is 27.7. The lowest BCUT2D eigenvalue weighted by atomic mass is 10.1. The zero-order valence-electron chi connectivity index (χ0n) is 42.2. The molecule has 6 aromatic heterocycles. The van der Waals surface area contributed by atoms with Crippen molar-refractivity contribution < 1.29 is 23.7 Å². The van der Waals surface area contributed by atoms with Crippen molar-refractivity contribution in [3.63, 3.8) is 0 Å². The molecule has 3 aromatic carbocycles. The van der Waals surface area contributed by atoms with Gasteiger partial charge in [-0.1, -0.05) is 57.5 Å². The van der Waals surface area contributed by atoms with Crippen LogP contribution in [0.4, 0.5) is 0 Å². The minimum absolute atomic E-state index is 0.142. The minimum atomic E-state index is -1.22. The van der Waals surface area contributed by atoms with E-state index >= 15 is 0 Å². The van der Waals surface area contributed by atoms with Crippen molar-refractivity contribution in [1.29, 1.82) is 0 Å². The molecule has 0 bridgehead atoms. The second-order valence-corrected chi connectivity index (χ2v) is 31.3. The third-order valence-corrected chi connectivity index (χ3v) is 15.8. The number of nitrogens with one attached hydrogen (secondary N) is 1. The third kappa shape index (κ3) is 11.3. The molecule has 70 heavy (non-hydrogen) atoms. The van der Waals surface area contributed by atoms with Crippen LogP contribution in [0.3, 0.4) is 0 Å². The highest BCUT2D eigenvalue weighted by Gasteiger charge is 2.22. The fourth-order valence-electron chi connectivity index (χ4n) is 8.35. The Hall–Kier alpha value is -6.64. The number of amides is 1. The number of fused-ring (bicyclic) bond motifs is 4. The van der Waals surface area contributed by atoms with E-state index in [9.17, 15) is 4.79 Å². The second kappa shape index (κ2) is 21.2. The molecule has 0 spiro atoms. The molecule has 3 N–H and O–H groups in total. The molecule has 0 atom stereocenters. The Bertz CT molecular complexity index is 3270. The highest BCUT2D eigenvalue weighted by molar-refractivity contribution is 6.76. The zero-order valence-corrected chi connectivity index (χ0v) is 44.2. The van der Waals surface area contributed by atoms with Gasteiger partial charge < -0.3 is 39.1 Å². The average molecular weight is 979 g/mol. The van der Waals surface area contributed by atoms with Crippen molar-refractivity contribution in [1.82, 2.24) is 43.5 Å². The van der Waals surface area contributed by atoms with E-state index in [0.29, 0.717) is 37.9 Å². The first-order valence-corrected chi connectivity index (χ1v) is 31.1. The number of aryl methyl sites for hydroxylation is 2. The standard InChI is InChI=1S/C30H35N5O3Si.C23H31N5O2Si/c1-34-19-25(24-15-23(37-2)11-12-27(24)34)28-16-26-29(35(28)20-38-13-14-39(3,4)5)31-17-22(33-26)18-32-30(36)21-9-7-6-8-10-21;1-27-14-19(18-10-17(29-2)6-7-21(18)27)22-11-20-23(25-13-16(12-24)26-20)28(22)15-30-8-9-31(3,4)5/h6-12,15-17,19H,13-14,18,20H2,1-5H3,(H,32,36);6-7,10-11,13-14H,8-9,12,15,24H2,1-5H3. The molecule has 0 aliphatic carbocycles. The topological polar surface area (TPSA) is 163 Å². The number of carbonyl (C=O) groups excluding carboxylic acids is 1. The summed E-state index contributed by atoms with van der Waals surface area (Å²) in [6.45, 7) is 17.0. The number of benzene rings is 3. The van der Waals surface area contributed by atoms with Crippen LogP contribution in [0.5, 0.6) is 11.5 Å². The average Bonchev–Trinajstić information content (AvgIpc) is 4.09. The van der Waals surface area contributed by atoms with Crippen molar-refractivity contribution in [2.24, 2.45) is 19.8 Å². The van der Waals surface area contributed by atoms with Gasteiger partial charge in [0.1, 0.15) is 36.0 Å². The quantitative estimate of drug-likeness (QED) is 0.0625. The van der Waals surface area contributed by atoms with Gasteiger partial charge in [-0.15, -0.1) is 0 Å². The Kier molecular flexibility index (Phi) is 15.0. The lowest BCUT2D eigenvalue weighted by Crippen LogP contribution is -2.23. The number of hydrogen-bond donors (Lipinski definition) is 2. The Balaban J connectivity index is 0.000000193. The summed E-state index contributed by atoms with van der Waals surface area (Å²) in [5, 5.41) is 5.14. The van der Waals surface area contributed by atoms with Gasteiger partial charge in [-0.3, -0.25) is 13.9 Å². The minimum Gasteiger partial charge on any atom is -0.497 e. The predicted octanol–water partition coefficient (Wildman–Crippen LogP) is 10.2. The van der Waals surface area contributed by atoms with Gasteiger partial charge in [-0.2, -0.15) is 0 Å². The summed E-state index contributed by atoms with van der Waals surface area (Å²) in [7, 11) is 5.09. The van der Waals surface area contributed by atoms with Crippen LogP contribution in [0.15, 0.2) is 104 Å². The van der Waals surface area contributed by atoms with E-state index in [-0.39, 0.29) is 12.5 Å². The van der Waals surface area contributed by atoms with E-state index in [1.165, 1.54) is 0 Å². The molecule has 9 aromatic rings. The molecular formula is C53H66N10O5Si2. The smallest absolute Gasteiger partial charge is 0.251 e. The van der Waals surface area contributed by atoms with E-state index < -0.39 is 16.1 Å². The maximum atomic E-state index is 12.5. The molecule has 17 heteroatoms. The summed E-state index contributed by atoms with van der Waals surface area (Å²) in [5.74, 6) is 1.49. The van der Waals surface area contributed by atoms with Crippen molar-refractivity contribution in [2.45, 2.75) is 77.9 Å². The molecule has 0 saturated heterocycles. The lowest BCUT2D eigenvalue weighted by Gasteiger charge is -2.16. The van der Waals surface area contributed by atoms with Crippen molar-refractivity contribution in [3.05, 3.63) is 121 Å². The lowest BCUT2D eigenvalue weighted by molar-refractivity contribution is 0.0908. The molecule has 0 aliphatic heterocycles. The Morgan fingerprint density at radius 3 is 1.57 bits per heavy atom. The van der Waals surface area contributed by atoms with Crippen molar-refractivity contribution >= 4 is 66.2 Å². The van der Waals surface area contributed by atoms with E-state index in [0.717, 1.165) is 103 Å². The Morgan fingerprint density at radius 1 is 0.643 bits per heavy atom. The maximum absolute atomic E-state index is 12.5. The van der Waals surface area contributed by atoms with Gasteiger partial charge in [-0.05, 0) is 72.8 Å². The van der Waals surface area contributed by atoms with Crippen LogP contribution >= 0.6 is 0 Å². The molecule has 0 unspecified atom stereocenters. The van der Waals surface area contributed by atoms with Crippen LogP contribution in [-0.2, 0) is 50.1 Å². The molecule has 0 radical (unpaired) electrons. The van der Waals surface area contributed by atoms with Gasteiger partial charge in [0, 0.05) is 101 Å². The SMILES string of the molecule is COc1ccc2c(c1)c(-c1cc3nc(CN)cnc3n1COCC[Si](C)(C)C)cn2C.COc1ccc2c(c1)c(-c1cc3nc(CNC(=O)c4ccccc4)cnc3n1COCC[Si](C)(C)C)cn2C. The summed E-state index contributed by atoms with van der Waals surface area (Å²) in [4.78, 5) is 31.5. The Morgan fingerprint density at radius 2 is 1.11 bits per heavy atom. The summed E-state index contributed by atoms with van der Waals surface area (Å²) in [6.07, 6.45) is 7.73. The third-order valence-electron chi connectivity index (χ3n) is 12.4. The van der Waals surface area contributed by atoms with Gasteiger partial charge in [-0.25, -0.2) is 19.9 Å². The molecule has 0 saturated carbocycles. The summed E-state index contributed by atoms with van der Waals surface area (Å²) < 4.78 is 31.8. The van der Waals surface area contributed by atoms with Gasteiger partial charge in [0.05, 0.1) is 55.9 Å². The molecular weight excluding hydrogens is 913 g/mol. The van der Waals surface area contributed by atoms with E-state index in [1.807, 2.05) is 37.4 Å². The molecule has 366 valence electrons. The fraction of sp³-hybridized carbons (Fsp3) is 0.340. The maximum Gasteiger partial charge on any atom is 0.251 e. The summed E-state index contributed by atoms with van der Waals surface area (Å²) in [5.41, 5.74) is 17.4. The second-order valence-electron chi connectivity index (χ2n) is 20.1. The molecule has 0 aliphatic rings. The number of aromatic nitrogens is 8. The largest absolute Gasteiger partial charge is 0.497 e. The van der Waals surface area contributed by atoms with E-state index in [2.05, 4.69) is 124 Å². The first-order valence-electron chi connectivity index (χ1n) is 23.7. The number of hydrogen-bond acceptors (Lipinski definition) is 10. The molecule has 0 fully saturated rings. The zero-order chi connectivity index (χ0) is 49.7. The van der Waals surface area contributed by atoms with Crippen LogP contribution in [-0.4, -0.2) is 87.7 Å². The molecule has 6 heterocycles. The fourth-order valence-corrected chi connectivity index (χ4v) is 9.86. The van der Waals surface area contributed by atoms with Crippen LogP contribution in [0.25, 0.3) is 66.6 Å². The van der Waals surface area contributed by atoms with E-state index in [4.69, 9.17) is 39.6 Å². The normalized spacial score (nSPS) is 12.0. The first-order chi connectivity index (χ1) is 33.5.